The van der Waals surface area contributed by atoms with Crippen molar-refractivity contribution < 1.29 is 23.8 Å². The van der Waals surface area contributed by atoms with E-state index in [-0.39, 0.29) is 24.1 Å². The first-order valence-electron chi connectivity index (χ1n) is 6.51. The molecule has 1 amide bonds. The molecule has 6 heteroatoms. The SMILES string of the molecule is O=C(CC1CCCCO1)Nc1cccc(F)c1C(=O)O. The summed E-state index contributed by atoms with van der Waals surface area (Å²) in [4.78, 5) is 22.9. The molecule has 1 aromatic rings. The summed E-state index contributed by atoms with van der Waals surface area (Å²) < 4.78 is 18.9. The van der Waals surface area contributed by atoms with Gasteiger partial charge in [-0.15, -0.1) is 0 Å². The van der Waals surface area contributed by atoms with Crippen molar-refractivity contribution in [1.29, 1.82) is 0 Å². The number of hydrogen-bond acceptors (Lipinski definition) is 3. The smallest absolute Gasteiger partial charge is 0.340 e. The second-order valence-electron chi connectivity index (χ2n) is 4.71. The Labute approximate surface area is 115 Å². The number of rotatable bonds is 4. The maximum absolute atomic E-state index is 13.5. The number of carboxylic acid groups (broad SMARTS) is 1. The Morgan fingerprint density at radius 3 is 2.85 bits per heavy atom. The van der Waals surface area contributed by atoms with Crippen LogP contribution in [0.5, 0.6) is 0 Å². The molecule has 1 fully saturated rings. The van der Waals surface area contributed by atoms with Crippen molar-refractivity contribution >= 4 is 17.6 Å². The molecule has 1 unspecified atom stereocenters. The van der Waals surface area contributed by atoms with E-state index in [9.17, 15) is 14.0 Å². The number of nitrogens with one attached hydrogen (secondary N) is 1. The Hall–Kier alpha value is -1.95. The largest absolute Gasteiger partial charge is 0.478 e. The maximum Gasteiger partial charge on any atom is 0.340 e. The number of amides is 1. The third-order valence-electron chi connectivity index (χ3n) is 3.19. The minimum atomic E-state index is -1.41. The van der Waals surface area contributed by atoms with Gasteiger partial charge in [-0.1, -0.05) is 6.07 Å². The molecule has 5 nitrogen and oxygen atoms in total. The number of ether oxygens (including phenoxy) is 1. The van der Waals surface area contributed by atoms with Crippen LogP contribution in [-0.4, -0.2) is 29.7 Å². The first-order valence-corrected chi connectivity index (χ1v) is 6.51. The van der Waals surface area contributed by atoms with Crippen molar-refractivity contribution in [2.75, 3.05) is 11.9 Å². The molecule has 2 N–H and O–H groups in total. The molecular weight excluding hydrogens is 265 g/mol. The summed E-state index contributed by atoms with van der Waals surface area (Å²) in [5, 5.41) is 11.4. The van der Waals surface area contributed by atoms with E-state index < -0.39 is 17.3 Å². The molecule has 2 rings (SSSR count). The van der Waals surface area contributed by atoms with Crippen molar-refractivity contribution in [3.8, 4) is 0 Å². The lowest BCUT2D eigenvalue weighted by atomic mass is 10.1. The Balaban J connectivity index is 2.04. The van der Waals surface area contributed by atoms with Crippen LogP contribution in [0.25, 0.3) is 0 Å². The number of carbonyl (C=O) groups excluding carboxylic acids is 1. The number of halogens is 1. The Morgan fingerprint density at radius 2 is 2.20 bits per heavy atom. The van der Waals surface area contributed by atoms with Crippen LogP contribution in [0.1, 0.15) is 36.0 Å². The van der Waals surface area contributed by atoms with Gasteiger partial charge in [0.15, 0.2) is 0 Å². The van der Waals surface area contributed by atoms with Crippen molar-refractivity contribution in [3.05, 3.63) is 29.6 Å². The molecule has 1 saturated heterocycles. The molecule has 20 heavy (non-hydrogen) atoms. The minimum Gasteiger partial charge on any atom is -0.478 e. The molecule has 0 bridgehead atoms. The fraction of sp³-hybridized carbons (Fsp3) is 0.429. The zero-order valence-corrected chi connectivity index (χ0v) is 10.9. The van der Waals surface area contributed by atoms with E-state index in [0.717, 1.165) is 25.3 Å². The number of aromatic carboxylic acids is 1. The second kappa shape index (κ2) is 6.47. The van der Waals surface area contributed by atoms with Gasteiger partial charge in [-0.2, -0.15) is 0 Å². The molecule has 1 aliphatic heterocycles. The van der Waals surface area contributed by atoms with Gasteiger partial charge in [0.05, 0.1) is 18.2 Å². The summed E-state index contributed by atoms with van der Waals surface area (Å²) in [6.07, 6.45) is 2.81. The quantitative estimate of drug-likeness (QED) is 0.888. The van der Waals surface area contributed by atoms with Gasteiger partial charge in [-0.3, -0.25) is 4.79 Å². The highest BCUT2D eigenvalue weighted by molar-refractivity contribution is 6.00. The monoisotopic (exact) mass is 281 g/mol. The van der Waals surface area contributed by atoms with Gasteiger partial charge in [-0.05, 0) is 31.4 Å². The second-order valence-corrected chi connectivity index (χ2v) is 4.71. The number of carbonyl (C=O) groups is 2. The summed E-state index contributed by atoms with van der Waals surface area (Å²) in [5.41, 5.74) is -0.552. The highest BCUT2D eigenvalue weighted by Gasteiger charge is 2.20. The zero-order valence-electron chi connectivity index (χ0n) is 10.9. The van der Waals surface area contributed by atoms with E-state index in [1.165, 1.54) is 12.1 Å². The molecule has 1 heterocycles. The summed E-state index contributed by atoms with van der Waals surface area (Å²) in [7, 11) is 0. The highest BCUT2D eigenvalue weighted by Crippen LogP contribution is 2.21. The fourth-order valence-electron chi connectivity index (χ4n) is 2.22. The lowest BCUT2D eigenvalue weighted by molar-refractivity contribution is -0.119. The Kier molecular flexibility index (Phi) is 4.68. The van der Waals surface area contributed by atoms with E-state index in [4.69, 9.17) is 9.84 Å². The minimum absolute atomic E-state index is 0.0293. The van der Waals surface area contributed by atoms with Gasteiger partial charge in [0.25, 0.3) is 0 Å². The summed E-state index contributed by atoms with van der Waals surface area (Å²) in [5.74, 6) is -2.65. The summed E-state index contributed by atoms with van der Waals surface area (Å²) in [6.45, 7) is 0.637. The lowest BCUT2D eigenvalue weighted by Crippen LogP contribution is -2.26. The van der Waals surface area contributed by atoms with E-state index >= 15 is 0 Å². The van der Waals surface area contributed by atoms with Crippen LogP contribution in [0.2, 0.25) is 0 Å². The summed E-state index contributed by atoms with van der Waals surface area (Å²) in [6, 6.07) is 3.77. The third kappa shape index (κ3) is 3.54. The first-order chi connectivity index (χ1) is 9.58. The zero-order chi connectivity index (χ0) is 14.5. The molecule has 0 aliphatic carbocycles. The highest BCUT2D eigenvalue weighted by atomic mass is 19.1. The van der Waals surface area contributed by atoms with Gasteiger partial charge in [0, 0.05) is 6.61 Å². The predicted octanol–water partition coefficient (Wildman–Crippen LogP) is 2.42. The van der Waals surface area contributed by atoms with Crippen molar-refractivity contribution in [2.24, 2.45) is 0 Å². The van der Waals surface area contributed by atoms with Crippen molar-refractivity contribution in [1.82, 2.24) is 0 Å². The number of hydrogen-bond donors (Lipinski definition) is 2. The van der Waals surface area contributed by atoms with Crippen LogP contribution in [0.3, 0.4) is 0 Å². The average Bonchev–Trinajstić information content (AvgIpc) is 2.39. The van der Waals surface area contributed by atoms with Crippen LogP contribution in [0.15, 0.2) is 18.2 Å². The third-order valence-corrected chi connectivity index (χ3v) is 3.19. The molecule has 0 radical (unpaired) electrons. The number of anilines is 1. The molecule has 1 aromatic carbocycles. The molecule has 0 spiro atoms. The molecule has 0 saturated carbocycles. The summed E-state index contributed by atoms with van der Waals surface area (Å²) >= 11 is 0. The van der Waals surface area contributed by atoms with E-state index in [0.29, 0.717) is 6.61 Å². The lowest BCUT2D eigenvalue weighted by Gasteiger charge is -2.22. The maximum atomic E-state index is 13.5. The van der Waals surface area contributed by atoms with E-state index in [1.54, 1.807) is 0 Å². The predicted molar refractivity (Wildman–Crippen MR) is 70.2 cm³/mol. The van der Waals surface area contributed by atoms with Crippen molar-refractivity contribution in [3.63, 3.8) is 0 Å². The molecule has 0 aromatic heterocycles. The van der Waals surface area contributed by atoms with Crippen LogP contribution in [0.4, 0.5) is 10.1 Å². The average molecular weight is 281 g/mol. The Morgan fingerprint density at radius 1 is 1.40 bits per heavy atom. The van der Waals surface area contributed by atoms with Crippen molar-refractivity contribution in [2.45, 2.75) is 31.8 Å². The van der Waals surface area contributed by atoms with E-state index in [2.05, 4.69) is 5.32 Å². The number of carboxylic acids is 1. The molecule has 1 aliphatic rings. The fourth-order valence-corrected chi connectivity index (χ4v) is 2.22. The van der Waals surface area contributed by atoms with Crippen LogP contribution < -0.4 is 5.32 Å². The first kappa shape index (κ1) is 14.5. The van der Waals surface area contributed by atoms with Gasteiger partial charge in [-0.25, -0.2) is 9.18 Å². The van der Waals surface area contributed by atoms with Crippen LogP contribution >= 0.6 is 0 Å². The van der Waals surface area contributed by atoms with Crippen LogP contribution in [-0.2, 0) is 9.53 Å². The van der Waals surface area contributed by atoms with Gasteiger partial charge >= 0.3 is 5.97 Å². The standard InChI is InChI=1S/C14H16FNO4/c15-10-5-3-6-11(13(10)14(18)19)16-12(17)8-9-4-1-2-7-20-9/h3,5-6,9H,1-2,4,7-8H2,(H,16,17)(H,18,19). The molecule has 1 atom stereocenters. The van der Waals surface area contributed by atoms with Crippen LogP contribution in [0, 0.1) is 5.82 Å². The van der Waals surface area contributed by atoms with Gasteiger partial charge < -0.3 is 15.2 Å². The Bertz CT molecular complexity index is 512. The van der Waals surface area contributed by atoms with E-state index in [1.807, 2.05) is 0 Å². The number of benzene rings is 1. The molecule has 108 valence electrons. The van der Waals surface area contributed by atoms with Gasteiger partial charge in [0.2, 0.25) is 5.91 Å². The normalized spacial score (nSPS) is 18.6. The topological polar surface area (TPSA) is 75.6 Å². The molecular formula is C14H16FNO4. The van der Waals surface area contributed by atoms with Gasteiger partial charge in [0.1, 0.15) is 11.4 Å².